The Bertz CT molecular complexity index is 1420. The van der Waals surface area contributed by atoms with Crippen molar-refractivity contribution in [2.24, 2.45) is 0 Å². The van der Waals surface area contributed by atoms with Crippen LogP contribution in [0.1, 0.15) is 43.1 Å². The molecule has 0 saturated heterocycles. The molecule has 0 saturated carbocycles. The van der Waals surface area contributed by atoms with Crippen LogP contribution in [0.5, 0.6) is 11.5 Å². The van der Waals surface area contributed by atoms with E-state index in [1.807, 2.05) is 0 Å². The lowest BCUT2D eigenvalue weighted by molar-refractivity contribution is -0.275. The van der Waals surface area contributed by atoms with Gasteiger partial charge in [-0.2, -0.15) is 9.97 Å². The van der Waals surface area contributed by atoms with Gasteiger partial charge < -0.3 is 23.8 Å². The van der Waals surface area contributed by atoms with Crippen LogP contribution in [0.15, 0.2) is 57.6 Å². The molecule has 0 radical (unpaired) electrons. The van der Waals surface area contributed by atoms with E-state index >= 15 is 0 Å². The number of benzene rings is 2. The van der Waals surface area contributed by atoms with Crippen LogP contribution in [-0.4, -0.2) is 51.7 Å². The van der Waals surface area contributed by atoms with E-state index in [1.54, 1.807) is 0 Å². The highest BCUT2D eigenvalue weighted by molar-refractivity contribution is 5.90. The van der Waals surface area contributed by atoms with E-state index in [2.05, 4.69) is 39.6 Å². The Kier molecular flexibility index (Phi) is 11.6. The summed E-state index contributed by atoms with van der Waals surface area (Å²) in [7, 11) is 1.40. The summed E-state index contributed by atoms with van der Waals surface area (Å²) >= 11 is 0. The summed E-state index contributed by atoms with van der Waals surface area (Å²) in [6.07, 6.45) is -9.49. The molecule has 0 aliphatic heterocycles. The molecule has 2 heterocycles. The maximum atomic E-state index is 12.0. The number of hydrogen-bond acceptors (Lipinski definition) is 10. The van der Waals surface area contributed by atoms with Gasteiger partial charge in [-0.15, -0.1) is 26.3 Å². The van der Waals surface area contributed by atoms with Gasteiger partial charge in [0, 0.05) is 25.1 Å². The predicted octanol–water partition coefficient (Wildman–Crippen LogP) is 6.10. The summed E-state index contributed by atoms with van der Waals surface area (Å²) in [5.41, 5.74) is 0.796. The van der Waals surface area contributed by atoms with E-state index in [0.29, 0.717) is 11.1 Å². The molecule has 1 amide bonds. The van der Waals surface area contributed by atoms with E-state index in [-0.39, 0.29) is 49.8 Å². The van der Waals surface area contributed by atoms with Crippen LogP contribution < -0.4 is 14.8 Å². The second-order valence-corrected chi connectivity index (χ2v) is 7.13. The van der Waals surface area contributed by atoms with Gasteiger partial charge in [-0.25, -0.2) is 0 Å². The molecule has 41 heavy (non-hydrogen) atoms. The zero-order chi connectivity index (χ0) is 28.8. The number of amides is 1. The van der Waals surface area contributed by atoms with Crippen LogP contribution in [0.2, 0.25) is 0 Å². The Hall–Kier alpha value is -4.96. The lowest BCUT2D eigenvalue weighted by Gasteiger charge is -2.08. The van der Waals surface area contributed by atoms with Gasteiger partial charge in [-0.1, -0.05) is 25.2 Å². The molecule has 0 atom stereocenters. The van der Waals surface area contributed by atoms with Crippen molar-refractivity contribution < 1.29 is 54.5 Å². The van der Waals surface area contributed by atoms with E-state index in [4.69, 9.17) is 4.52 Å². The monoisotopic (exact) mass is 591 g/mol. The number of halogens is 6. The molecule has 0 spiro atoms. The van der Waals surface area contributed by atoms with Crippen molar-refractivity contribution in [2.75, 3.05) is 7.05 Å². The Morgan fingerprint density at radius 1 is 0.707 bits per heavy atom. The van der Waals surface area contributed by atoms with Crippen molar-refractivity contribution in [3.05, 3.63) is 60.3 Å². The quantitative estimate of drug-likeness (QED) is 0.206. The number of alkyl halides is 6. The minimum Gasteiger partial charge on any atom is -0.406 e. The molecular formula is C24H23F6N5O6. The highest BCUT2D eigenvalue weighted by atomic mass is 19.4. The second kappa shape index (κ2) is 13.9. The van der Waals surface area contributed by atoms with Gasteiger partial charge in [-0.3, -0.25) is 9.59 Å². The fraction of sp³-hybridized carbons (Fsp3) is 0.250. The molecule has 0 unspecified atom stereocenters. The molecule has 222 valence electrons. The van der Waals surface area contributed by atoms with Gasteiger partial charge in [0.1, 0.15) is 11.5 Å². The summed E-state index contributed by atoms with van der Waals surface area (Å²) in [4.78, 5) is 29.8. The van der Waals surface area contributed by atoms with Crippen LogP contribution in [-0.2, 0) is 0 Å². The number of carbonyl (C=O) groups is 2. The number of ether oxygens (including phenoxy) is 2. The van der Waals surface area contributed by atoms with E-state index in [1.165, 1.54) is 38.2 Å². The number of ketones is 1. The molecule has 4 rings (SSSR count). The zero-order valence-corrected chi connectivity index (χ0v) is 19.6. The van der Waals surface area contributed by atoms with Crippen LogP contribution in [0.4, 0.5) is 26.3 Å². The van der Waals surface area contributed by atoms with Gasteiger partial charge >= 0.3 is 24.5 Å². The maximum Gasteiger partial charge on any atom is 0.573 e. The third-order valence-electron chi connectivity index (χ3n) is 4.27. The Labute approximate surface area is 228 Å². The zero-order valence-electron chi connectivity index (χ0n) is 19.6. The van der Waals surface area contributed by atoms with E-state index in [9.17, 15) is 35.9 Å². The first-order valence-corrected chi connectivity index (χ1v) is 10.4. The Morgan fingerprint density at radius 3 is 1.39 bits per heavy atom. The van der Waals surface area contributed by atoms with Crippen molar-refractivity contribution in [2.45, 2.75) is 34.5 Å². The highest BCUT2D eigenvalue weighted by Gasteiger charge is 2.31. The molecule has 2 aromatic carbocycles. The molecule has 0 aliphatic carbocycles. The Morgan fingerprint density at radius 2 is 1.07 bits per heavy atom. The van der Waals surface area contributed by atoms with Gasteiger partial charge in [0.05, 0.1) is 0 Å². The average molecular weight is 591 g/mol. The summed E-state index contributed by atoms with van der Waals surface area (Å²) < 4.78 is 88.7. The summed E-state index contributed by atoms with van der Waals surface area (Å²) in [5.74, 6) is -1.87. The fourth-order valence-corrected chi connectivity index (χ4v) is 2.63. The topological polar surface area (TPSA) is 142 Å². The maximum absolute atomic E-state index is 12.0. The first-order chi connectivity index (χ1) is 18.2. The second-order valence-electron chi connectivity index (χ2n) is 7.13. The van der Waals surface area contributed by atoms with Crippen molar-refractivity contribution >= 4 is 11.7 Å². The minimum atomic E-state index is -4.75. The third-order valence-corrected chi connectivity index (χ3v) is 4.27. The molecule has 1 N–H and O–H groups in total. The van der Waals surface area contributed by atoms with Crippen molar-refractivity contribution in [3.63, 3.8) is 0 Å². The van der Waals surface area contributed by atoms with Crippen LogP contribution in [0.25, 0.3) is 22.8 Å². The SMILES string of the molecule is C.C.CC(=O)c1nc(-c2ccc(OC(F)(F)F)cc2)no1.CNC(=O)c1nc(-c2ccc(OC(F)(F)F)cc2)no1. The fourth-order valence-electron chi connectivity index (χ4n) is 2.63. The first kappa shape index (κ1) is 34.1. The standard InChI is InChI=1S/C11H8F3N3O3.C11H7F3N2O3.2CH4/c1-15-9(18)10-16-8(17-20-10)6-2-4-7(5-3-6)19-11(12,13)14;1-6(17)10-15-9(16-19-10)7-2-4-8(5-3-7)18-11(12,13)14;;/h2-5H,1H3,(H,15,18);2-5H,1H3;2*1H4. The molecule has 0 fully saturated rings. The lowest BCUT2D eigenvalue weighted by atomic mass is 10.2. The Balaban J connectivity index is 0.000000391. The van der Waals surface area contributed by atoms with Gasteiger partial charge in [0.2, 0.25) is 17.4 Å². The predicted molar refractivity (Wildman–Crippen MR) is 130 cm³/mol. The van der Waals surface area contributed by atoms with Crippen LogP contribution in [0, 0.1) is 0 Å². The number of nitrogens with zero attached hydrogens (tertiary/aromatic N) is 4. The van der Waals surface area contributed by atoms with Gasteiger partial charge in [-0.05, 0) is 48.5 Å². The highest BCUT2D eigenvalue weighted by Crippen LogP contribution is 2.26. The van der Waals surface area contributed by atoms with E-state index < -0.39 is 24.4 Å². The number of hydrogen-bond donors (Lipinski definition) is 1. The van der Waals surface area contributed by atoms with Crippen molar-refractivity contribution in [1.29, 1.82) is 0 Å². The molecule has 0 bridgehead atoms. The van der Waals surface area contributed by atoms with Crippen molar-refractivity contribution in [3.8, 4) is 34.3 Å². The van der Waals surface area contributed by atoms with Crippen molar-refractivity contribution in [1.82, 2.24) is 25.6 Å². The molecular weight excluding hydrogens is 568 g/mol. The van der Waals surface area contributed by atoms with E-state index in [0.717, 1.165) is 24.3 Å². The lowest BCUT2D eigenvalue weighted by Crippen LogP contribution is -2.18. The van der Waals surface area contributed by atoms with Gasteiger partial charge in [0.15, 0.2) is 0 Å². The molecule has 11 nitrogen and oxygen atoms in total. The summed E-state index contributed by atoms with van der Waals surface area (Å²) in [5, 5.41) is 9.39. The molecule has 2 aromatic heterocycles. The summed E-state index contributed by atoms with van der Waals surface area (Å²) in [6, 6.07) is 9.75. The molecule has 4 aromatic rings. The number of nitrogens with one attached hydrogen (secondary N) is 1. The summed E-state index contributed by atoms with van der Waals surface area (Å²) in [6.45, 7) is 1.26. The average Bonchev–Trinajstić information content (AvgIpc) is 3.54. The molecule has 0 aliphatic rings. The largest absolute Gasteiger partial charge is 0.573 e. The number of Topliss-reactive ketones (excluding diaryl/α,β-unsaturated/α-hetero) is 1. The number of rotatable bonds is 6. The van der Waals surface area contributed by atoms with Crippen LogP contribution >= 0.6 is 0 Å². The molecule has 17 heteroatoms. The number of carbonyl (C=O) groups excluding carboxylic acids is 2. The number of aromatic nitrogens is 4. The normalized spacial score (nSPS) is 10.7. The smallest absolute Gasteiger partial charge is 0.406 e. The van der Waals surface area contributed by atoms with Crippen LogP contribution in [0.3, 0.4) is 0 Å². The van der Waals surface area contributed by atoms with Gasteiger partial charge in [0.25, 0.3) is 5.89 Å². The third kappa shape index (κ3) is 10.3. The minimum absolute atomic E-state index is 0. The first-order valence-electron chi connectivity index (χ1n) is 10.4.